The van der Waals surface area contributed by atoms with Crippen molar-refractivity contribution in [3.05, 3.63) is 35.4 Å². The second-order valence-electron chi connectivity index (χ2n) is 12.7. The third-order valence-corrected chi connectivity index (χ3v) is 9.97. The number of amides is 4. The Bertz CT molecular complexity index is 2010. The second-order valence-corrected chi connectivity index (χ2v) is 15.5. The highest BCUT2D eigenvalue weighted by molar-refractivity contribution is 7.86. The van der Waals surface area contributed by atoms with Crippen molar-refractivity contribution in [3.8, 4) is 23.0 Å². The number of rotatable bonds is 26. The quantitative estimate of drug-likeness (QED) is 0.0279. The first-order chi connectivity index (χ1) is 27.1. The molecule has 0 saturated carbocycles. The predicted molar refractivity (Wildman–Crippen MR) is 201 cm³/mol. The highest BCUT2D eigenvalue weighted by atomic mass is 32.2. The van der Waals surface area contributed by atoms with Crippen LogP contribution >= 0.6 is 0 Å². The van der Waals surface area contributed by atoms with Gasteiger partial charge in [-0.3, -0.25) is 28.3 Å². The van der Waals surface area contributed by atoms with E-state index < -0.39 is 112 Å². The molecule has 2 rings (SSSR count). The number of phenols is 4. The minimum atomic E-state index is -5.03. The zero-order chi connectivity index (χ0) is 43.7. The van der Waals surface area contributed by atoms with Gasteiger partial charge in [0.05, 0.1) is 24.0 Å². The number of aliphatic hydroxyl groups is 1. The van der Waals surface area contributed by atoms with E-state index in [1.54, 1.807) is 0 Å². The van der Waals surface area contributed by atoms with Crippen molar-refractivity contribution in [2.45, 2.75) is 60.3 Å². The Morgan fingerprint density at radius 2 is 0.845 bits per heavy atom. The van der Waals surface area contributed by atoms with Crippen molar-refractivity contribution >= 4 is 49.8 Å². The molecule has 0 saturated heterocycles. The molecular weight excluding hydrogens is 817 g/mol. The average molecular weight is 865 g/mol. The fraction of sp³-hybridized carbons (Fsp3) is 0.485. The summed E-state index contributed by atoms with van der Waals surface area (Å²) in [6.45, 7) is 2.06. The van der Waals surface area contributed by atoms with Crippen molar-refractivity contribution in [1.29, 1.82) is 0 Å². The van der Waals surface area contributed by atoms with Crippen LogP contribution in [0, 0.1) is 0 Å². The Labute approximate surface area is 332 Å². The van der Waals surface area contributed by atoms with E-state index in [0.717, 1.165) is 24.3 Å². The molecule has 0 bridgehead atoms. The molecule has 1 atom stereocenters. The fourth-order valence-electron chi connectivity index (χ4n) is 5.19. The van der Waals surface area contributed by atoms with E-state index in [2.05, 4.69) is 31.9 Å². The van der Waals surface area contributed by atoms with Gasteiger partial charge >= 0.3 is 5.97 Å². The molecule has 25 heteroatoms. The Kier molecular flexibility index (Phi) is 19.0. The van der Waals surface area contributed by atoms with Crippen LogP contribution in [0.15, 0.2) is 34.1 Å². The minimum Gasteiger partial charge on any atom is -0.504 e. The van der Waals surface area contributed by atoms with Crippen molar-refractivity contribution in [1.82, 2.24) is 31.9 Å². The number of carboxylic acid groups (broad SMARTS) is 1. The van der Waals surface area contributed by atoms with Gasteiger partial charge in [0.25, 0.3) is 32.1 Å². The molecule has 4 amide bonds. The molecule has 23 nitrogen and oxygen atoms in total. The van der Waals surface area contributed by atoms with Gasteiger partial charge in [-0.1, -0.05) is 0 Å². The van der Waals surface area contributed by atoms with Gasteiger partial charge in [-0.05, 0) is 82.5 Å². The second kappa shape index (κ2) is 22.6. The maximum Gasteiger partial charge on any atom is 0.336 e. The minimum absolute atomic E-state index is 0.0614. The van der Waals surface area contributed by atoms with Crippen molar-refractivity contribution in [2.24, 2.45) is 0 Å². The number of unbranched alkanes of at least 4 members (excludes halogenated alkanes) is 1. The number of phenolic OH excluding ortho intramolecular Hbond substituents is 4. The number of hydrogen-bond acceptors (Lipinski definition) is 16. The number of aliphatic carboxylic acids is 1. The van der Waals surface area contributed by atoms with Crippen molar-refractivity contribution < 1.29 is 80.6 Å². The van der Waals surface area contributed by atoms with E-state index in [0.29, 0.717) is 58.3 Å². The number of carboxylic acids is 1. The van der Waals surface area contributed by atoms with Crippen LogP contribution in [0.3, 0.4) is 0 Å². The van der Waals surface area contributed by atoms with Crippen LogP contribution in [0.4, 0.5) is 0 Å². The third-order valence-electron chi connectivity index (χ3n) is 8.12. The summed E-state index contributed by atoms with van der Waals surface area (Å²) in [7, 11) is -10.0. The monoisotopic (exact) mass is 864 g/mol. The molecule has 2 aromatic rings. The third kappa shape index (κ3) is 15.6. The van der Waals surface area contributed by atoms with E-state index in [4.69, 9.17) is 0 Å². The molecule has 58 heavy (non-hydrogen) atoms. The lowest BCUT2D eigenvalue weighted by molar-refractivity contribution is -0.164. The summed E-state index contributed by atoms with van der Waals surface area (Å²) in [5.41, 5.74) is -3.79. The van der Waals surface area contributed by atoms with E-state index in [-0.39, 0.29) is 26.2 Å². The van der Waals surface area contributed by atoms with E-state index in [9.17, 15) is 80.6 Å². The van der Waals surface area contributed by atoms with Crippen LogP contribution in [0.25, 0.3) is 0 Å². The molecule has 0 fully saturated rings. The van der Waals surface area contributed by atoms with Gasteiger partial charge < -0.3 is 62.5 Å². The van der Waals surface area contributed by atoms with Gasteiger partial charge in [0.2, 0.25) is 11.8 Å². The molecule has 1 unspecified atom stereocenters. The summed E-state index contributed by atoms with van der Waals surface area (Å²) in [5, 5.41) is 74.4. The lowest BCUT2D eigenvalue weighted by Crippen LogP contribution is -2.47. The van der Waals surface area contributed by atoms with Crippen LogP contribution in [0.2, 0.25) is 0 Å². The summed E-state index contributed by atoms with van der Waals surface area (Å²) >= 11 is 0. The summed E-state index contributed by atoms with van der Waals surface area (Å²) in [4.78, 5) is 58.9. The number of nitrogens with one attached hydrogen (secondary N) is 6. The Morgan fingerprint density at radius 1 is 0.517 bits per heavy atom. The van der Waals surface area contributed by atoms with Crippen molar-refractivity contribution in [3.63, 3.8) is 0 Å². The summed E-state index contributed by atoms with van der Waals surface area (Å²) in [6.07, 6.45) is 0.428. The summed E-state index contributed by atoms with van der Waals surface area (Å²) in [6, 6.07) is 3.64. The first-order valence-corrected chi connectivity index (χ1v) is 20.5. The number of hydrogen-bond donors (Lipinski definition) is 14. The van der Waals surface area contributed by atoms with Gasteiger partial charge in [0.15, 0.2) is 38.4 Å². The number of carbonyl (C=O) groups is 5. The highest BCUT2D eigenvalue weighted by Crippen LogP contribution is 2.36. The molecule has 0 aliphatic carbocycles. The molecule has 0 radical (unpaired) electrons. The van der Waals surface area contributed by atoms with Gasteiger partial charge in [-0.25, -0.2) is 4.79 Å². The first kappa shape index (κ1) is 48.8. The van der Waals surface area contributed by atoms with E-state index in [1.165, 1.54) is 0 Å². The Morgan fingerprint density at radius 3 is 1.21 bits per heavy atom. The van der Waals surface area contributed by atoms with Gasteiger partial charge in [-0.2, -0.15) is 16.8 Å². The first-order valence-electron chi connectivity index (χ1n) is 17.6. The van der Waals surface area contributed by atoms with Crippen LogP contribution in [-0.2, 0) is 34.6 Å². The van der Waals surface area contributed by atoms with Gasteiger partial charge in [-0.15, -0.1) is 0 Å². The summed E-state index contributed by atoms with van der Waals surface area (Å²) < 4.78 is 64.8. The molecule has 0 aromatic heterocycles. The Hall–Kier alpha value is -5.31. The van der Waals surface area contributed by atoms with E-state index >= 15 is 0 Å². The number of benzene rings is 2. The lowest BCUT2D eigenvalue weighted by atomic mass is 9.94. The van der Waals surface area contributed by atoms with E-state index in [1.807, 2.05) is 0 Å². The molecule has 14 N–H and O–H groups in total. The lowest BCUT2D eigenvalue weighted by Gasteiger charge is -2.22. The smallest absolute Gasteiger partial charge is 0.336 e. The maximum atomic E-state index is 12.4. The largest absolute Gasteiger partial charge is 0.504 e. The molecule has 0 heterocycles. The zero-order valence-electron chi connectivity index (χ0n) is 31.0. The number of carbonyl (C=O) groups excluding carboxylic acids is 4. The molecule has 0 aliphatic rings. The molecule has 0 spiro atoms. The normalized spacial score (nSPS) is 12.6. The van der Waals surface area contributed by atoms with Crippen LogP contribution in [-0.4, -0.2) is 144 Å². The fourth-order valence-corrected chi connectivity index (χ4v) is 6.76. The van der Waals surface area contributed by atoms with Gasteiger partial charge in [0, 0.05) is 26.2 Å². The topological polar surface area (TPSA) is 388 Å². The molecular formula is C33H48N6O17S2. The highest BCUT2D eigenvalue weighted by Gasteiger charge is 2.40. The van der Waals surface area contributed by atoms with Crippen LogP contribution in [0.5, 0.6) is 23.0 Å². The standard InChI is InChI=1S/C33H48N6O17S2/c40-22-8-6-20(28(26(22)44)57(51,52)53)30(46)38-16-4-12-34-10-1-2-14-36-24(42)18-33(50,32(48)49)19-25(43)37-15-3-11-35-13-5-17-39-31(47)21-7-9-23(41)27(45)29(21)58(54,55)56/h6-9,34-35,40-41,44-45,50H,1-5,10-19H2,(H,36,42)(H,37,43)(H,38,46)(H,39,47)(H,48,49)(H,51,52,53)(H,54,55,56). The van der Waals surface area contributed by atoms with Gasteiger partial charge in [0.1, 0.15) is 0 Å². The Balaban J connectivity index is 1.57. The zero-order valence-corrected chi connectivity index (χ0v) is 32.6. The predicted octanol–water partition coefficient (Wildman–Crippen LogP) is -1.88. The molecule has 324 valence electrons. The maximum absolute atomic E-state index is 12.4. The molecule has 2 aromatic carbocycles. The number of aromatic hydroxyl groups is 4. The molecule has 0 aliphatic heterocycles. The summed E-state index contributed by atoms with van der Waals surface area (Å²) in [5.74, 6) is -9.19. The van der Waals surface area contributed by atoms with Crippen molar-refractivity contribution in [2.75, 3.05) is 52.4 Å². The SMILES string of the molecule is O=C(CC(O)(CC(=O)NCCCNCCCNC(=O)c1ccc(O)c(O)c1S(=O)(=O)O)C(=O)O)NCCCCNCCCNC(=O)c1ccc(O)c(O)c1S(=O)(=O)O. The van der Waals surface area contributed by atoms with Crippen LogP contribution in [0.1, 0.15) is 65.7 Å². The average Bonchev–Trinajstić information content (AvgIpc) is 3.12. The van der Waals surface area contributed by atoms with Crippen LogP contribution < -0.4 is 31.9 Å².